The van der Waals surface area contributed by atoms with Gasteiger partial charge >= 0.3 is 0 Å². The van der Waals surface area contributed by atoms with Crippen molar-refractivity contribution in [2.24, 2.45) is 11.8 Å². The van der Waals surface area contributed by atoms with Crippen LogP contribution in [0.4, 0.5) is 0 Å². The molecule has 2 aliphatic heterocycles. The SMILES string of the molecule is Cc1cccc2c1c(=O)nc1n2-c2cc(C3CCN(CC4CC(C=O)C4)CC3)ccc2C1(C)C. The molecule has 0 atom stereocenters. The second-order valence-electron chi connectivity index (χ2n) is 11.3. The molecule has 34 heavy (non-hydrogen) atoms. The molecule has 1 saturated heterocycles. The second kappa shape index (κ2) is 7.88. The number of piperidine rings is 1. The average molecular weight is 456 g/mol. The number of benzene rings is 2. The number of hydrogen-bond donors (Lipinski definition) is 0. The van der Waals surface area contributed by atoms with Crippen LogP contribution in [0.3, 0.4) is 0 Å². The molecule has 0 bridgehead atoms. The minimum absolute atomic E-state index is 0.126. The van der Waals surface area contributed by atoms with Crippen LogP contribution in [-0.2, 0) is 10.2 Å². The number of aldehydes is 1. The molecule has 0 N–H and O–H groups in total. The Labute approximate surface area is 200 Å². The number of carbonyl (C=O) groups is 1. The maximum Gasteiger partial charge on any atom is 0.281 e. The summed E-state index contributed by atoms with van der Waals surface area (Å²) in [6.45, 7) is 9.74. The molecule has 2 fully saturated rings. The Morgan fingerprint density at radius 3 is 2.62 bits per heavy atom. The van der Waals surface area contributed by atoms with Crippen LogP contribution in [0.5, 0.6) is 0 Å². The van der Waals surface area contributed by atoms with Gasteiger partial charge in [0.15, 0.2) is 0 Å². The maximum atomic E-state index is 12.9. The Balaban J connectivity index is 1.30. The Bertz CT molecular complexity index is 1340. The van der Waals surface area contributed by atoms with E-state index in [2.05, 4.69) is 52.6 Å². The lowest BCUT2D eigenvalue weighted by atomic mass is 9.75. The largest absolute Gasteiger partial charge is 0.303 e. The normalized spacial score (nSPS) is 24.0. The van der Waals surface area contributed by atoms with Crippen molar-refractivity contribution in [3.8, 4) is 5.69 Å². The second-order valence-corrected chi connectivity index (χ2v) is 11.3. The Kier molecular flexibility index (Phi) is 5.03. The Morgan fingerprint density at radius 2 is 1.88 bits per heavy atom. The molecule has 3 aromatic rings. The lowest BCUT2D eigenvalue weighted by molar-refractivity contribution is -0.114. The van der Waals surface area contributed by atoms with E-state index < -0.39 is 0 Å². The fourth-order valence-electron chi connectivity index (χ4n) is 6.59. The van der Waals surface area contributed by atoms with Crippen LogP contribution >= 0.6 is 0 Å². The van der Waals surface area contributed by atoms with E-state index in [0.29, 0.717) is 17.8 Å². The van der Waals surface area contributed by atoms with Gasteiger partial charge in [-0.25, -0.2) is 0 Å². The van der Waals surface area contributed by atoms with Crippen LogP contribution in [0, 0.1) is 18.8 Å². The van der Waals surface area contributed by atoms with Crippen LogP contribution in [0.25, 0.3) is 16.6 Å². The zero-order valence-electron chi connectivity index (χ0n) is 20.4. The third kappa shape index (κ3) is 3.28. The van der Waals surface area contributed by atoms with E-state index in [1.165, 1.54) is 29.7 Å². The van der Waals surface area contributed by atoms with Gasteiger partial charge < -0.3 is 9.69 Å². The highest BCUT2D eigenvalue weighted by Crippen LogP contribution is 2.44. The molecule has 3 heterocycles. The summed E-state index contributed by atoms with van der Waals surface area (Å²) in [6, 6.07) is 13.0. The molecule has 6 rings (SSSR count). The van der Waals surface area contributed by atoms with Gasteiger partial charge in [0.25, 0.3) is 5.56 Å². The first-order valence-corrected chi connectivity index (χ1v) is 12.7. The highest BCUT2D eigenvalue weighted by Gasteiger charge is 2.39. The number of carbonyl (C=O) groups excluding carboxylic acids is 1. The zero-order valence-corrected chi connectivity index (χ0v) is 20.4. The van der Waals surface area contributed by atoms with Gasteiger partial charge in [0, 0.05) is 12.5 Å². The summed E-state index contributed by atoms with van der Waals surface area (Å²) < 4.78 is 2.23. The van der Waals surface area contributed by atoms with Crippen molar-refractivity contribution in [2.75, 3.05) is 19.6 Å². The van der Waals surface area contributed by atoms with Crippen molar-refractivity contribution < 1.29 is 4.79 Å². The van der Waals surface area contributed by atoms with Crippen LogP contribution in [-0.4, -0.2) is 40.4 Å². The summed E-state index contributed by atoms with van der Waals surface area (Å²) in [4.78, 5) is 31.0. The highest BCUT2D eigenvalue weighted by molar-refractivity contribution is 5.85. The maximum absolute atomic E-state index is 12.9. The minimum Gasteiger partial charge on any atom is -0.303 e. The monoisotopic (exact) mass is 455 g/mol. The smallest absolute Gasteiger partial charge is 0.281 e. The van der Waals surface area contributed by atoms with E-state index in [9.17, 15) is 9.59 Å². The van der Waals surface area contributed by atoms with E-state index in [4.69, 9.17) is 0 Å². The molecule has 0 unspecified atom stereocenters. The summed E-state index contributed by atoms with van der Waals surface area (Å²) >= 11 is 0. The van der Waals surface area contributed by atoms with Crippen molar-refractivity contribution in [1.82, 2.24) is 14.5 Å². The van der Waals surface area contributed by atoms with Gasteiger partial charge in [0.1, 0.15) is 12.1 Å². The molecule has 0 amide bonds. The van der Waals surface area contributed by atoms with Gasteiger partial charge in [-0.05, 0) is 100 Å². The van der Waals surface area contributed by atoms with Crippen LogP contribution in [0.1, 0.15) is 68.0 Å². The molecule has 0 radical (unpaired) electrons. The van der Waals surface area contributed by atoms with E-state index in [-0.39, 0.29) is 11.0 Å². The van der Waals surface area contributed by atoms with Gasteiger partial charge in [-0.1, -0.05) is 24.3 Å². The predicted molar refractivity (Wildman–Crippen MR) is 135 cm³/mol. The standard InChI is InChI=1S/C29H33N3O2/c1-18-5-4-6-24-26(18)27(34)30-28-29(2,3)23-8-7-22(15-25(23)32(24)28)21-9-11-31(12-10-21)16-19-13-20(14-19)17-33/h4-8,15,17,19-21H,9-14,16H2,1-3H3. The van der Waals surface area contributed by atoms with Crippen molar-refractivity contribution in [1.29, 1.82) is 0 Å². The molecular formula is C29H33N3O2. The lowest BCUT2D eigenvalue weighted by Crippen LogP contribution is -2.40. The summed E-state index contributed by atoms with van der Waals surface area (Å²) in [5.74, 6) is 2.41. The number of nitrogens with zero attached hydrogens (tertiary/aromatic N) is 3. The van der Waals surface area contributed by atoms with Crippen molar-refractivity contribution in [3.05, 3.63) is 69.3 Å². The molecule has 3 aliphatic rings. The quantitative estimate of drug-likeness (QED) is 0.534. The van der Waals surface area contributed by atoms with E-state index in [1.54, 1.807) is 0 Å². The highest BCUT2D eigenvalue weighted by atomic mass is 16.1. The molecule has 5 nitrogen and oxygen atoms in total. The van der Waals surface area contributed by atoms with Gasteiger partial charge in [0.05, 0.1) is 22.0 Å². The van der Waals surface area contributed by atoms with Crippen LogP contribution in [0.2, 0.25) is 0 Å². The molecule has 2 aromatic carbocycles. The molecule has 1 aliphatic carbocycles. The summed E-state index contributed by atoms with van der Waals surface area (Å²) in [6.07, 6.45) is 5.62. The third-order valence-corrected chi connectivity index (χ3v) is 8.66. The van der Waals surface area contributed by atoms with Gasteiger partial charge in [-0.2, -0.15) is 4.98 Å². The molecule has 0 spiro atoms. The summed E-state index contributed by atoms with van der Waals surface area (Å²) in [5, 5.41) is 0.724. The van der Waals surface area contributed by atoms with Gasteiger partial charge in [-0.3, -0.25) is 9.36 Å². The van der Waals surface area contributed by atoms with Crippen LogP contribution in [0.15, 0.2) is 41.2 Å². The fourth-order valence-corrected chi connectivity index (χ4v) is 6.59. The lowest BCUT2D eigenvalue weighted by Gasteiger charge is -2.39. The number of rotatable bonds is 4. The predicted octanol–water partition coefficient (Wildman–Crippen LogP) is 4.74. The Hall–Kier alpha value is -2.79. The van der Waals surface area contributed by atoms with E-state index >= 15 is 0 Å². The number of fused-ring (bicyclic) bond motifs is 5. The van der Waals surface area contributed by atoms with Crippen molar-refractivity contribution in [3.63, 3.8) is 0 Å². The van der Waals surface area contributed by atoms with Crippen molar-refractivity contribution >= 4 is 17.2 Å². The van der Waals surface area contributed by atoms with E-state index in [1.807, 2.05) is 19.1 Å². The van der Waals surface area contributed by atoms with Crippen LogP contribution < -0.4 is 5.56 Å². The van der Waals surface area contributed by atoms with E-state index in [0.717, 1.165) is 61.1 Å². The third-order valence-electron chi connectivity index (χ3n) is 8.66. The summed E-state index contributed by atoms with van der Waals surface area (Å²) in [5.41, 5.74) is 5.32. The van der Waals surface area contributed by atoms with Crippen molar-refractivity contribution in [2.45, 2.75) is 57.8 Å². The number of aryl methyl sites for hydroxylation is 1. The first kappa shape index (κ1) is 21.7. The minimum atomic E-state index is -0.309. The number of aromatic nitrogens is 2. The Morgan fingerprint density at radius 1 is 1.12 bits per heavy atom. The zero-order chi connectivity index (χ0) is 23.6. The first-order valence-electron chi connectivity index (χ1n) is 12.7. The fraction of sp³-hybridized carbons (Fsp3) is 0.483. The average Bonchev–Trinajstić information content (AvgIpc) is 3.02. The van der Waals surface area contributed by atoms with Gasteiger partial charge in [0.2, 0.25) is 0 Å². The molecule has 1 aromatic heterocycles. The van der Waals surface area contributed by atoms with Gasteiger partial charge in [-0.15, -0.1) is 0 Å². The molecular weight excluding hydrogens is 422 g/mol. The summed E-state index contributed by atoms with van der Waals surface area (Å²) in [7, 11) is 0. The molecule has 5 heteroatoms. The number of hydrogen-bond acceptors (Lipinski definition) is 4. The molecule has 1 saturated carbocycles. The number of likely N-dealkylation sites (tertiary alicyclic amines) is 1. The first-order chi connectivity index (χ1) is 16.4. The topological polar surface area (TPSA) is 55.2 Å². The molecule has 176 valence electrons.